The lowest BCUT2D eigenvalue weighted by Crippen LogP contribution is -2.03. The molecule has 0 fully saturated rings. The van der Waals surface area contributed by atoms with Crippen LogP contribution in [0.25, 0.3) is 88.2 Å². The number of benzene rings is 6. The van der Waals surface area contributed by atoms with E-state index in [4.69, 9.17) is 9.40 Å². The van der Waals surface area contributed by atoms with E-state index in [0.717, 1.165) is 73.9 Å². The lowest BCUT2D eigenvalue weighted by molar-refractivity contribution is 0.533. The van der Waals surface area contributed by atoms with Gasteiger partial charge in [0.2, 0.25) is 0 Å². The highest BCUT2D eigenvalue weighted by Crippen LogP contribution is 2.47. The molecular formula is C46H34N2O. The summed E-state index contributed by atoms with van der Waals surface area (Å²) in [5.74, 6) is 0.702. The van der Waals surface area contributed by atoms with Crippen LogP contribution in [-0.4, -0.2) is 9.55 Å². The van der Waals surface area contributed by atoms with Gasteiger partial charge in [0.05, 0.1) is 27.8 Å². The molecule has 0 saturated carbocycles. The Morgan fingerprint density at radius 3 is 2.18 bits per heavy atom. The Hall–Kier alpha value is -5.93. The van der Waals surface area contributed by atoms with Crippen molar-refractivity contribution >= 4 is 60.1 Å². The molecule has 0 bridgehead atoms. The summed E-state index contributed by atoms with van der Waals surface area (Å²) in [5.41, 5.74) is 12.1. The minimum atomic E-state index is 0.702. The Bertz CT molecular complexity index is 2750. The van der Waals surface area contributed by atoms with E-state index in [-0.39, 0.29) is 0 Å². The second kappa shape index (κ2) is 11.1. The van der Waals surface area contributed by atoms with Crippen LogP contribution in [0.2, 0.25) is 0 Å². The highest BCUT2D eigenvalue weighted by Gasteiger charge is 2.25. The number of fused-ring (bicyclic) bond motifs is 9. The lowest BCUT2D eigenvalue weighted by Gasteiger charge is -2.20. The molecule has 3 nitrogen and oxygen atoms in total. The molecule has 0 saturated heterocycles. The number of pyridine rings is 1. The van der Waals surface area contributed by atoms with E-state index in [0.29, 0.717) is 5.92 Å². The van der Waals surface area contributed by atoms with Gasteiger partial charge in [0, 0.05) is 38.4 Å². The van der Waals surface area contributed by atoms with Crippen molar-refractivity contribution in [2.75, 3.05) is 0 Å². The van der Waals surface area contributed by atoms with Gasteiger partial charge < -0.3 is 8.98 Å². The number of aromatic nitrogens is 2. The summed E-state index contributed by atoms with van der Waals surface area (Å²) in [5, 5.41) is 7.02. The summed E-state index contributed by atoms with van der Waals surface area (Å²) in [7, 11) is 0. The van der Waals surface area contributed by atoms with Crippen molar-refractivity contribution in [3.8, 4) is 28.1 Å². The first-order valence-electron chi connectivity index (χ1n) is 17.3. The number of hydrogen-bond donors (Lipinski definition) is 0. The van der Waals surface area contributed by atoms with Crippen molar-refractivity contribution in [1.29, 1.82) is 0 Å². The Labute approximate surface area is 284 Å². The second-order valence-electron chi connectivity index (χ2n) is 13.6. The predicted octanol–water partition coefficient (Wildman–Crippen LogP) is 12.8. The molecule has 3 aromatic heterocycles. The van der Waals surface area contributed by atoms with Crippen molar-refractivity contribution in [2.24, 2.45) is 5.92 Å². The van der Waals surface area contributed by atoms with Gasteiger partial charge in [-0.1, -0.05) is 116 Å². The van der Waals surface area contributed by atoms with Crippen molar-refractivity contribution in [3.63, 3.8) is 0 Å². The fraction of sp³-hybridized carbons (Fsp3) is 0.109. The summed E-state index contributed by atoms with van der Waals surface area (Å²) in [6, 6.07) is 50.1. The normalized spacial score (nSPS) is 15.1. The smallest absolute Gasteiger partial charge is 0.145 e. The lowest BCUT2D eigenvalue weighted by atomic mass is 9.88. The number of rotatable bonds is 4. The fourth-order valence-electron chi connectivity index (χ4n) is 8.00. The Kier molecular flexibility index (Phi) is 6.35. The zero-order valence-corrected chi connectivity index (χ0v) is 27.4. The maximum absolute atomic E-state index is 6.81. The predicted molar refractivity (Wildman–Crippen MR) is 205 cm³/mol. The molecule has 0 amide bonds. The van der Waals surface area contributed by atoms with Gasteiger partial charge >= 0.3 is 0 Å². The first kappa shape index (κ1) is 28.1. The third kappa shape index (κ3) is 4.46. The van der Waals surface area contributed by atoms with Crippen molar-refractivity contribution in [3.05, 3.63) is 151 Å². The highest BCUT2D eigenvalue weighted by molar-refractivity contribution is 6.30. The van der Waals surface area contributed by atoms with E-state index in [1.807, 2.05) is 0 Å². The maximum atomic E-state index is 6.81. The van der Waals surface area contributed by atoms with E-state index >= 15 is 0 Å². The number of furan rings is 1. The molecule has 0 N–H and O–H groups in total. The molecule has 234 valence electrons. The average molecular weight is 631 g/mol. The quantitative estimate of drug-likeness (QED) is 0.194. The zero-order valence-electron chi connectivity index (χ0n) is 27.4. The molecule has 3 heterocycles. The highest BCUT2D eigenvalue weighted by atomic mass is 16.3. The van der Waals surface area contributed by atoms with Gasteiger partial charge in [0.15, 0.2) is 0 Å². The fourth-order valence-corrected chi connectivity index (χ4v) is 8.00. The van der Waals surface area contributed by atoms with Crippen LogP contribution in [-0.2, 0) is 0 Å². The van der Waals surface area contributed by atoms with Gasteiger partial charge in [-0.3, -0.25) is 0 Å². The largest absolute Gasteiger partial charge is 0.455 e. The third-order valence-electron chi connectivity index (χ3n) is 10.5. The van der Waals surface area contributed by atoms with Crippen LogP contribution in [0.15, 0.2) is 150 Å². The van der Waals surface area contributed by atoms with Gasteiger partial charge in [-0.2, -0.15) is 0 Å². The standard InChI is InChI=1S/C46H34N2O/c1-29-20-22-32(23-21-29)41-27-33(26-40(47-41)31-13-4-2-5-14-31)38-28-39-36-18-10-11-19-42(36)49-46(39)43-37-25-24-30-12-8-9-17-35(30)44(37)48(45(38)43)34-15-6-3-7-16-34/h2-19,22,24-29H,20-21,23H2,1H3. The number of allylic oxidation sites excluding steroid dienone is 2. The minimum Gasteiger partial charge on any atom is -0.455 e. The molecule has 1 aliphatic carbocycles. The molecule has 1 atom stereocenters. The second-order valence-corrected chi connectivity index (χ2v) is 13.6. The van der Waals surface area contributed by atoms with Gasteiger partial charge in [-0.25, -0.2) is 4.98 Å². The number of nitrogens with zero attached hydrogens (tertiary/aromatic N) is 2. The van der Waals surface area contributed by atoms with Crippen molar-refractivity contribution in [2.45, 2.75) is 26.2 Å². The zero-order chi connectivity index (χ0) is 32.5. The van der Waals surface area contributed by atoms with Gasteiger partial charge in [0.25, 0.3) is 0 Å². The van der Waals surface area contributed by atoms with Crippen molar-refractivity contribution < 1.29 is 4.42 Å². The summed E-state index contributed by atoms with van der Waals surface area (Å²) >= 11 is 0. The van der Waals surface area contributed by atoms with Gasteiger partial charge in [0.1, 0.15) is 11.2 Å². The van der Waals surface area contributed by atoms with Gasteiger partial charge in [-0.15, -0.1) is 0 Å². The van der Waals surface area contributed by atoms with Crippen molar-refractivity contribution in [1.82, 2.24) is 9.55 Å². The number of hydrogen-bond acceptors (Lipinski definition) is 2. The van der Waals surface area contributed by atoms with E-state index in [2.05, 4.69) is 157 Å². The van der Waals surface area contributed by atoms with E-state index in [9.17, 15) is 0 Å². The molecule has 3 heteroatoms. The molecule has 0 aliphatic heterocycles. The Balaban J connectivity index is 1.41. The van der Waals surface area contributed by atoms with Crippen LogP contribution < -0.4 is 0 Å². The first-order valence-corrected chi connectivity index (χ1v) is 17.3. The monoisotopic (exact) mass is 630 g/mol. The minimum absolute atomic E-state index is 0.702. The van der Waals surface area contributed by atoms with E-state index in [1.165, 1.54) is 39.2 Å². The molecule has 6 aromatic carbocycles. The molecule has 1 unspecified atom stereocenters. The van der Waals surface area contributed by atoms with Crippen LogP contribution in [0.1, 0.15) is 31.9 Å². The number of para-hydroxylation sites is 2. The molecule has 0 spiro atoms. The molecule has 49 heavy (non-hydrogen) atoms. The third-order valence-corrected chi connectivity index (χ3v) is 10.5. The van der Waals surface area contributed by atoms with Crippen LogP contribution in [0, 0.1) is 5.92 Å². The first-order chi connectivity index (χ1) is 24.2. The van der Waals surface area contributed by atoms with Crippen LogP contribution in [0.3, 0.4) is 0 Å². The molecule has 1 aliphatic rings. The molecule has 10 rings (SSSR count). The Morgan fingerprint density at radius 2 is 1.37 bits per heavy atom. The van der Waals surface area contributed by atoms with Crippen LogP contribution >= 0.6 is 0 Å². The van der Waals surface area contributed by atoms with Gasteiger partial charge in [-0.05, 0) is 78.1 Å². The molecule has 0 radical (unpaired) electrons. The molecule has 9 aromatic rings. The van der Waals surface area contributed by atoms with E-state index < -0.39 is 0 Å². The SMILES string of the molecule is CC1CC=C(c2cc(-c3cc4c5ccccc5oc4c4c5ccc6ccccc6c5n(-c5ccccc5)c34)cc(-c3ccccc3)n2)CC1. The Morgan fingerprint density at radius 1 is 0.633 bits per heavy atom. The summed E-state index contributed by atoms with van der Waals surface area (Å²) in [4.78, 5) is 5.33. The van der Waals surface area contributed by atoms with Crippen LogP contribution in [0.4, 0.5) is 0 Å². The maximum Gasteiger partial charge on any atom is 0.145 e. The summed E-state index contributed by atoms with van der Waals surface area (Å²) < 4.78 is 9.28. The van der Waals surface area contributed by atoms with E-state index in [1.54, 1.807) is 0 Å². The summed E-state index contributed by atoms with van der Waals surface area (Å²) in [6.45, 7) is 2.35. The summed E-state index contributed by atoms with van der Waals surface area (Å²) in [6.07, 6.45) is 5.74. The average Bonchev–Trinajstić information content (AvgIpc) is 3.72. The molecular weight excluding hydrogens is 597 g/mol. The topological polar surface area (TPSA) is 31.0 Å². The van der Waals surface area contributed by atoms with Crippen LogP contribution in [0.5, 0.6) is 0 Å².